The first-order valence-electron chi connectivity index (χ1n) is 6.02. The Balaban J connectivity index is 1.80. The second-order valence-corrected chi connectivity index (χ2v) is 4.30. The number of aromatic nitrogens is 1. The number of aryl methyl sites for hydroxylation is 1. The predicted molar refractivity (Wildman–Crippen MR) is 68.8 cm³/mol. The van der Waals surface area contributed by atoms with Gasteiger partial charge in [0.2, 0.25) is 0 Å². The monoisotopic (exact) mass is 242 g/mol. The predicted octanol–water partition coefficient (Wildman–Crippen LogP) is 2.92. The number of hydrogen-bond donors (Lipinski definition) is 0. The SMILES string of the molecule is COc1ccc(/C=N\c2onc3c2CCC3)cc1. The molecule has 4 heteroatoms. The second-order valence-electron chi connectivity index (χ2n) is 4.30. The Bertz CT molecular complexity index is 570. The number of aliphatic imine (C=N–C) groups is 1. The Morgan fingerprint density at radius 3 is 2.89 bits per heavy atom. The number of benzene rings is 1. The van der Waals surface area contributed by atoms with E-state index in [9.17, 15) is 0 Å². The summed E-state index contributed by atoms with van der Waals surface area (Å²) in [5.74, 6) is 1.49. The molecular weight excluding hydrogens is 228 g/mol. The summed E-state index contributed by atoms with van der Waals surface area (Å²) in [6.07, 6.45) is 4.97. The molecule has 0 radical (unpaired) electrons. The molecule has 18 heavy (non-hydrogen) atoms. The molecule has 0 saturated carbocycles. The van der Waals surface area contributed by atoms with Crippen molar-refractivity contribution in [1.82, 2.24) is 5.16 Å². The molecule has 0 bridgehead atoms. The van der Waals surface area contributed by atoms with E-state index in [0.29, 0.717) is 5.88 Å². The Kier molecular flexibility index (Phi) is 2.84. The third-order valence-corrected chi connectivity index (χ3v) is 3.14. The van der Waals surface area contributed by atoms with Gasteiger partial charge in [-0.2, -0.15) is 0 Å². The maximum Gasteiger partial charge on any atom is 0.253 e. The van der Waals surface area contributed by atoms with Crippen LogP contribution in [-0.4, -0.2) is 18.5 Å². The molecule has 0 amide bonds. The van der Waals surface area contributed by atoms with E-state index in [4.69, 9.17) is 9.26 Å². The van der Waals surface area contributed by atoms with Crippen LogP contribution in [0.1, 0.15) is 23.2 Å². The third-order valence-electron chi connectivity index (χ3n) is 3.14. The molecule has 0 aliphatic heterocycles. The van der Waals surface area contributed by atoms with Crippen molar-refractivity contribution in [2.45, 2.75) is 19.3 Å². The highest BCUT2D eigenvalue weighted by molar-refractivity contribution is 5.81. The molecule has 4 nitrogen and oxygen atoms in total. The van der Waals surface area contributed by atoms with Crippen LogP contribution >= 0.6 is 0 Å². The lowest BCUT2D eigenvalue weighted by Gasteiger charge is -1.98. The molecule has 1 aromatic heterocycles. The molecule has 1 aliphatic rings. The van der Waals surface area contributed by atoms with Gasteiger partial charge in [-0.3, -0.25) is 0 Å². The van der Waals surface area contributed by atoms with Crippen molar-refractivity contribution in [1.29, 1.82) is 0 Å². The first-order valence-corrected chi connectivity index (χ1v) is 6.02. The van der Waals surface area contributed by atoms with Crippen LogP contribution in [0.2, 0.25) is 0 Å². The van der Waals surface area contributed by atoms with Gasteiger partial charge in [-0.15, -0.1) is 0 Å². The molecule has 0 unspecified atom stereocenters. The van der Waals surface area contributed by atoms with Crippen LogP contribution in [-0.2, 0) is 12.8 Å². The lowest BCUT2D eigenvalue weighted by molar-refractivity contribution is 0.415. The smallest absolute Gasteiger partial charge is 0.253 e. The quantitative estimate of drug-likeness (QED) is 0.777. The lowest BCUT2D eigenvalue weighted by atomic mass is 10.2. The first kappa shape index (κ1) is 11.0. The van der Waals surface area contributed by atoms with E-state index in [2.05, 4.69) is 10.1 Å². The van der Waals surface area contributed by atoms with E-state index in [1.165, 1.54) is 5.56 Å². The van der Waals surface area contributed by atoms with Gasteiger partial charge in [0.25, 0.3) is 5.88 Å². The molecule has 1 aliphatic carbocycles. The minimum atomic E-state index is 0.651. The van der Waals surface area contributed by atoms with Crippen LogP contribution < -0.4 is 4.74 Å². The molecule has 0 atom stereocenters. The van der Waals surface area contributed by atoms with E-state index < -0.39 is 0 Å². The fraction of sp³-hybridized carbons (Fsp3) is 0.286. The fourth-order valence-electron chi connectivity index (χ4n) is 2.14. The van der Waals surface area contributed by atoms with E-state index in [1.54, 1.807) is 13.3 Å². The third kappa shape index (κ3) is 2.01. The van der Waals surface area contributed by atoms with Crippen LogP contribution in [0, 0.1) is 0 Å². The molecule has 92 valence electrons. The number of ether oxygens (including phenoxy) is 1. The largest absolute Gasteiger partial charge is 0.497 e. The van der Waals surface area contributed by atoms with Crippen LogP contribution in [0.25, 0.3) is 0 Å². The molecule has 1 heterocycles. The fourth-order valence-corrected chi connectivity index (χ4v) is 2.14. The number of hydrogen-bond acceptors (Lipinski definition) is 4. The number of nitrogens with zero attached hydrogens (tertiary/aromatic N) is 2. The zero-order valence-electron chi connectivity index (χ0n) is 10.2. The minimum absolute atomic E-state index is 0.651. The van der Waals surface area contributed by atoms with Crippen LogP contribution in [0.15, 0.2) is 33.8 Å². The number of fused-ring (bicyclic) bond motifs is 1. The van der Waals surface area contributed by atoms with Crippen molar-refractivity contribution >= 4 is 12.1 Å². The average Bonchev–Trinajstić information content (AvgIpc) is 3.00. The standard InChI is InChI=1S/C14H14N2O2/c1-17-11-7-5-10(6-8-11)9-15-14-12-3-2-4-13(12)16-18-14/h5-9H,2-4H2,1H3/b15-9-. The molecule has 3 rings (SSSR count). The van der Waals surface area contributed by atoms with Crippen molar-refractivity contribution in [2.24, 2.45) is 4.99 Å². The number of methoxy groups -OCH3 is 1. The topological polar surface area (TPSA) is 47.6 Å². The summed E-state index contributed by atoms with van der Waals surface area (Å²) >= 11 is 0. The lowest BCUT2D eigenvalue weighted by Crippen LogP contribution is -1.84. The molecule has 0 saturated heterocycles. The molecule has 0 fully saturated rings. The normalized spacial score (nSPS) is 14.1. The molecule has 0 spiro atoms. The van der Waals surface area contributed by atoms with E-state index >= 15 is 0 Å². The van der Waals surface area contributed by atoms with Gasteiger partial charge in [0, 0.05) is 11.8 Å². The van der Waals surface area contributed by atoms with Gasteiger partial charge in [0.05, 0.1) is 12.8 Å². The molecular formula is C14H14N2O2. The summed E-state index contributed by atoms with van der Waals surface area (Å²) < 4.78 is 10.3. The van der Waals surface area contributed by atoms with Crippen LogP contribution in [0.5, 0.6) is 5.75 Å². The summed E-state index contributed by atoms with van der Waals surface area (Å²) in [6.45, 7) is 0. The summed E-state index contributed by atoms with van der Waals surface area (Å²) in [4.78, 5) is 4.37. The van der Waals surface area contributed by atoms with Gasteiger partial charge in [-0.05, 0) is 49.1 Å². The maximum absolute atomic E-state index is 5.23. The Hall–Kier alpha value is -2.10. The van der Waals surface area contributed by atoms with Gasteiger partial charge < -0.3 is 9.26 Å². The van der Waals surface area contributed by atoms with Crippen molar-refractivity contribution in [3.63, 3.8) is 0 Å². The average molecular weight is 242 g/mol. The maximum atomic E-state index is 5.23. The van der Waals surface area contributed by atoms with Gasteiger partial charge in [0.15, 0.2) is 0 Å². The zero-order valence-corrected chi connectivity index (χ0v) is 10.2. The van der Waals surface area contributed by atoms with Gasteiger partial charge >= 0.3 is 0 Å². The first-order chi connectivity index (χ1) is 8.86. The summed E-state index contributed by atoms with van der Waals surface area (Å²) in [7, 11) is 1.65. The minimum Gasteiger partial charge on any atom is -0.497 e. The van der Waals surface area contributed by atoms with Crippen molar-refractivity contribution in [3.05, 3.63) is 41.1 Å². The highest BCUT2D eigenvalue weighted by Gasteiger charge is 2.20. The van der Waals surface area contributed by atoms with E-state index in [-0.39, 0.29) is 0 Å². The summed E-state index contributed by atoms with van der Waals surface area (Å²) in [6, 6.07) is 7.73. The van der Waals surface area contributed by atoms with Crippen molar-refractivity contribution in [2.75, 3.05) is 7.11 Å². The van der Waals surface area contributed by atoms with Crippen LogP contribution in [0.4, 0.5) is 5.88 Å². The van der Waals surface area contributed by atoms with Gasteiger partial charge in [0.1, 0.15) is 5.75 Å². The van der Waals surface area contributed by atoms with Gasteiger partial charge in [-0.25, -0.2) is 4.99 Å². The Morgan fingerprint density at radius 1 is 1.28 bits per heavy atom. The summed E-state index contributed by atoms with van der Waals surface area (Å²) in [5, 5.41) is 4.03. The zero-order chi connectivity index (χ0) is 12.4. The Morgan fingerprint density at radius 2 is 2.11 bits per heavy atom. The van der Waals surface area contributed by atoms with Crippen molar-refractivity contribution in [3.8, 4) is 5.75 Å². The summed E-state index contributed by atoms with van der Waals surface area (Å²) in [5.41, 5.74) is 3.25. The van der Waals surface area contributed by atoms with Gasteiger partial charge in [-0.1, -0.05) is 5.16 Å². The van der Waals surface area contributed by atoms with Crippen LogP contribution in [0.3, 0.4) is 0 Å². The highest BCUT2D eigenvalue weighted by Crippen LogP contribution is 2.30. The highest BCUT2D eigenvalue weighted by atomic mass is 16.5. The second kappa shape index (κ2) is 4.64. The van der Waals surface area contributed by atoms with E-state index in [0.717, 1.165) is 36.3 Å². The van der Waals surface area contributed by atoms with Crippen molar-refractivity contribution < 1.29 is 9.26 Å². The number of rotatable bonds is 3. The van der Waals surface area contributed by atoms with E-state index in [1.807, 2.05) is 24.3 Å². The molecule has 2 aromatic rings. The Labute approximate surface area is 105 Å². The molecule has 1 aromatic carbocycles. The molecule has 0 N–H and O–H groups in total.